The quantitative estimate of drug-likeness (QED) is 0.700. The first-order valence-electron chi connectivity index (χ1n) is 4.51. The van der Waals surface area contributed by atoms with Crippen molar-refractivity contribution in [1.29, 1.82) is 0 Å². The molecule has 0 fully saturated rings. The van der Waals surface area contributed by atoms with Gasteiger partial charge in [0.1, 0.15) is 11.6 Å². The molecular formula is C12H10FNO. The lowest BCUT2D eigenvalue weighted by atomic mass is 10.0. The molecule has 0 aromatic heterocycles. The van der Waals surface area contributed by atoms with E-state index in [4.69, 9.17) is 5.73 Å². The van der Waals surface area contributed by atoms with Crippen molar-refractivity contribution in [2.75, 3.05) is 5.73 Å². The number of halogens is 1. The first-order valence-corrected chi connectivity index (χ1v) is 4.51. The Bertz CT molecular complexity index is 479. The Hall–Kier alpha value is -2.03. The third-order valence-electron chi connectivity index (χ3n) is 2.18. The van der Waals surface area contributed by atoms with Crippen molar-refractivity contribution in [2.24, 2.45) is 0 Å². The van der Waals surface area contributed by atoms with Crippen LogP contribution in [0.25, 0.3) is 11.1 Å². The van der Waals surface area contributed by atoms with Crippen molar-refractivity contribution < 1.29 is 9.50 Å². The van der Waals surface area contributed by atoms with E-state index >= 15 is 0 Å². The second-order valence-corrected chi connectivity index (χ2v) is 3.28. The average Bonchev–Trinajstić information content (AvgIpc) is 2.23. The van der Waals surface area contributed by atoms with Crippen molar-refractivity contribution in [1.82, 2.24) is 0 Å². The number of aromatic hydroxyl groups is 1. The highest BCUT2D eigenvalue weighted by Gasteiger charge is 2.04. The van der Waals surface area contributed by atoms with Gasteiger partial charge in [0.25, 0.3) is 0 Å². The van der Waals surface area contributed by atoms with Crippen molar-refractivity contribution in [3.8, 4) is 16.9 Å². The molecule has 0 radical (unpaired) electrons. The van der Waals surface area contributed by atoms with Crippen LogP contribution in [0.1, 0.15) is 0 Å². The number of nitrogens with two attached hydrogens (primary N) is 1. The molecule has 0 unspecified atom stereocenters. The largest absolute Gasteiger partial charge is 0.507 e. The molecule has 3 heteroatoms. The van der Waals surface area contributed by atoms with Gasteiger partial charge in [0.05, 0.1) is 0 Å². The van der Waals surface area contributed by atoms with E-state index in [0.29, 0.717) is 11.3 Å². The highest BCUT2D eigenvalue weighted by atomic mass is 19.1. The molecule has 76 valence electrons. The van der Waals surface area contributed by atoms with E-state index in [1.54, 1.807) is 24.3 Å². The molecule has 2 nitrogen and oxygen atoms in total. The van der Waals surface area contributed by atoms with Crippen molar-refractivity contribution in [3.05, 3.63) is 48.3 Å². The highest BCUT2D eigenvalue weighted by molar-refractivity contribution is 5.71. The van der Waals surface area contributed by atoms with Crippen LogP contribution in [0.5, 0.6) is 5.75 Å². The molecule has 0 aliphatic heterocycles. The predicted octanol–water partition coefficient (Wildman–Crippen LogP) is 2.78. The van der Waals surface area contributed by atoms with Gasteiger partial charge in [0.15, 0.2) is 0 Å². The van der Waals surface area contributed by atoms with Crippen LogP contribution < -0.4 is 5.73 Å². The monoisotopic (exact) mass is 203 g/mol. The van der Waals surface area contributed by atoms with E-state index < -0.39 is 0 Å². The van der Waals surface area contributed by atoms with Crippen molar-refractivity contribution >= 4 is 5.69 Å². The summed E-state index contributed by atoms with van der Waals surface area (Å²) >= 11 is 0. The summed E-state index contributed by atoms with van der Waals surface area (Å²) in [5.74, 6) is -0.319. The molecule has 0 aliphatic rings. The zero-order valence-corrected chi connectivity index (χ0v) is 7.94. The number of rotatable bonds is 1. The lowest BCUT2D eigenvalue weighted by Gasteiger charge is -2.05. The molecular weight excluding hydrogens is 193 g/mol. The number of phenolic OH excluding ortho intramolecular Hbond substituents is 1. The molecule has 0 spiro atoms. The van der Waals surface area contributed by atoms with Gasteiger partial charge < -0.3 is 10.8 Å². The minimum Gasteiger partial charge on any atom is -0.507 e. The van der Waals surface area contributed by atoms with Gasteiger partial charge in [-0.05, 0) is 35.9 Å². The Morgan fingerprint density at radius 1 is 1.00 bits per heavy atom. The number of nitrogen functional groups attached to an aromatic ring is 1. The van der Waals surface area contributed by atoms with Gasteiger partial charge in [-0.25, -0.2) is 4.39 Å². The molecule has 0 atom stereocenters. The summed E-state index contributed by atoms with van der Waals surface area (Å²) in [6, 6.07) is 10.7. The van der Waals surface area contributed by atoms with Crippen LogP contribution in [0.3, 0.4) is 0 Å². The Kier molecular flexibility index (Phi) is 2.29. The molecule has 2 aromatic carbocycles. The molecule has 0 bridgehead atoms. The molecule has 2 rings (SSSR count). The smallest absolute Gasteiger partial charge is 0.124 e. The minimum absolute atomic E-state index is 0.0566. The topological polar surface area (TPSA) is 46.2 Å². The minimum atomic E-state index is -0.375. The fourth-order valence-electron chi connectivity index (χ4n) is 1.40. The maximum atomic E-state index is 13.0. The van der Waals surface area contributed by atoms with Crippen LogP contribution in [0, 0.1) is 5.82 Å². The van der Waals surface area contributed by atoms with Crippen LogP contribution in [0.15, 0.2) is 42.5 Å². The van der Waals surface area contributed by atoms with E-state index in [1.165, 1.54) is 18.2 Å². The van der Waals surface area contributed by atoms with E-state index in [0.717, 1.165) is 5.56 Å². The maximum Gasteiger partial charge on any atom is 0.124 e. The summed E-state index contributed by atoms with van der Waals surface area (Å²) in [4.78, 5) is 0. The fraction of sp³-hybridized carbons (Fsp3) is 0. The Morgan fingerprint density at radius 2 is 1.67 bits per heavy atom. The summed E-state index contributed by atoms with van der Waals surface area (Å²) in [5.41, 5.74) is 7.37. The first kappa shape index (κ1) is 9.52. The number of hydrogen-bond acceptors (Lipinski definition) is 2. The molecule has 0 saturated heterocycles. The van der Waals surface area contributed by atoms with Gasteiger partial charge in [-0.3, -0.25) is 0 Å². The Balaban J connectivity index is 2.53. The van der Waals surface area contributed by atoms with Gasteiger partial charge in [-0.2, -0.15) is 0 Å². The van der Waals surface area contributed by atoms with Gasteiger partial charge in [0.2, 0.25) is 0 Å². The Morgan fingerprint density at radius 3 is 2.33 bits per heavy atom. The first-order chi connectivity index (χ1) is 7.16. The number of benzene rings is 2. The zero-order chi connectivity index (χ0) is 10.8. The maximum absolute atomic E-state index is 13.0. The van der Waals surface area contributed by atoms with Crippen LogP contribution in [0.4, 0.5) is 10.1 Å². The fourth-order valence-corrected chi connectivity index (χ4v) is 1.40. The molecule has 15 heavy (non-hydrogen) atoms. The van der Waals surface area contributed by atoms with E-state index in [2.05, 4.69) is 0 Å². The third-order valence-corrected chi connectivity index (χ3v) is 2.18. The van der Waals surface area contributed by atoms with Crippen molar-refractivity contribution in [3.63, 3.8) is 0 Å². The highest BCUT2D eigenvalue weighted by Crippen LogP contribution is 2.29. The normalized spacial score (nSPS) is 10.2. The lowest BCUT2D eigenvalue weighted by Crippen LogP contribution is -1.85. The molecule has 0 aliphatic carbocycles. The predicted molar refractivity (Wildman–Crippen MR) is 57.9 cm³/mol. The summed E-state index contributed by atoms with van der Waals surface area (Å²) < 4.78 is 13.0. The van der Waals surface area contributed by atoms with E-state index in [-0.39, 0.29) is 11.6 Å². The van der Waals surface area contributed by atoms with Gasteiger partial charge in [0, 0.05) is 11.3 Å². The molecule has 0 heterocycles. The van der Waals surface area contributed by atoms with E-state index in [1.807, 2.05) is 0 Å². The summed E-state index contributed by atoms with van der Waals surface area (Å²) in [6.07, 6.45) is 0. The third kappa shape index (κ3) is 1.91. The summed E-state index contributed by atoms with van der Waals surface area (Å²) in [7, 11) is 0. The molecule has 0 saturated carbocycles. The Labute approximate surface area is 86.8 Å². The summed E-state index contributed by atoms with van der Waals surface area (Å²) in [5, 5.41) is 9.56. The van der Waals surface area contributed by atoms with Crippen LogP contribution in [0.2, 0.25) is 0 Å². The molecule has 3 N–H and O–H groups in total. The second kappa shape index (κ2) is 3.61. The van der Waals surface area contributed by atoms with Crippen LogP contribution in [-0.4, -0.2) is 5.11 Å². The van der Waals surface area contributed by atoms with Gasteiger partial charge in [-0.1, -0.05) is 12.1 Å². The van der Waals surface area contributed by atoms with Crippen LogP contribution >= 0.6 is 0 Å². The van der Waals surface area contributed by atoms with Gasteiger partial charge >= 0.3 is 0 Å². The molecule has 2 aromatic rings. The van der Waals surface area contributed by atoms with Crippen LogP contribution in [-0.2, 0) is 0 Å². The van der Waals surface area contributed by atoms with Crippen molar-refractivity contribution in [2.45, 2.75) is 0 Å². The second-order valence-electron chi connectivity index (χ2n) is 3.28. The SMILES string of the molecule is Nc1ccc(-c2cc(F)ccc2O)cc1. The number of hydrogen-bond donors (Lipinski definition) is 2. The van der Waals surface area contributed by atoms with Gasteiger partial charge in [-0.15, -0.1) is 0 Å². The lowest BCUT2D eigenvalue weighted by molar-refractivity contribution is 0.475. The number of phenols is 1. The standard InChI is InChI=1S/C12H10FNO/c13-9-3-6-12(15)11(7-9)8-1-4-10(14)5-2-8/h1-7,15H,14H2. The van der Waals surface area contributed by atoms with E-state index in [9.17, 15) is 9.50 Å². The average molecular weight is 203 g/mol. The summed E-state index contributed by atoms with van der Waals surface area (Å²) in [6.45, 7) is 0. The zero-order valence-electron chi connectivity index (χ0n) is 7.94. The molecule has 0 amide bonds. The number of anilines is 1.